The highest BCUT2D eigenvalue weighted by Crippen LogP contribution is 2.17. The number of nitrogens with zero attached hydrogens (tertiary/aromatic N) is 1. The molecule has 1 aromatic heterocycles. The lowest BCUT2D eigenvalue weighted by atomic mass is 10.0. The zero-order valence-corrected chi connectivity index (χ0v) is 16.5. The van der Waals surface area contributed by atoms with Crippen LogP contribution in [0, 0.1) is 5.92 Å². The summed E-state index contributed by atoms with van der Waals surface area (Å²) in [7, 11) is 0. The highest BCUT2D eigenvalue weighted by atomic mass is 32.1. The predicted octanol–water partition coefficient (Wildman–Crippen LogP) is 3.20. The van der Waals surface area contributed by atoms with Crippen LogP contribution in [0.2, 0.25) is 0 Å². The van der Waals surface area contributed by atoms with Crippen molar-refractivity contribution in [1.29, 1.82) is 0 Å². The Balaban J connectivity index is 1.60. The summed E-state index contributed by atoms with van der Waals surface area (Å²) in [5.41, 5.74) is 0. The smallest absolute Gasteiger partial charge is 0.191 e. The summed E-state index contributed by atoms with van der Waals surface area (Å²) in [5, 5.41) is 6.70. The van der Waals surface area contributed by atoms with E-state index in [1.807, 2.05) is 11.3 Å². The van der Waals surface area contributed by atoms with Crippen molar-refractivity contribution >= 4 is 17.3 Å². The monoisotopic (exact) mass is 367 g/mol. The highest BCUT2D eigenvalue weighted by molar-refractivity contribution is 7.11. The van der Waals surface area contributed by atoms with Crippen LogP contribution in [-0.2, 0) is 22.4 Å². The molecule has 0 radical (unpaired) electrons. The molecule has 0 unspecified atom stereocenters. The van der Waals surface area contributed by atoms with E-state index >= 15 is 0 Å². The molecule has 0 saturated carbocycles. The van der Waals surface area contributed by atoms with Crippen LogP contribution in [0.25, 0.3) is 0 Å². The lowest BCUT2D eigenvalue weighted by Gasteiger charge is -2.21. The van der Waals surface area contributed by atoms with Gasteiger partial charge >= 0.3 is 0 Å². The molecule has 1 aliphatic rings. The third-order valence-corrected chi connectivity index (χ3v) is 5.47. The van der Waals surface area contributed by atoms with Gasteiger partial charge in [0.2, 0.25) is 0 Å². The Bertz CT molecular complexity index is 499. The van der Waals surface area contributed by atoms with Crippen molar-refractivity contribution in [1.82, 2.24) is 10.6 Å². The van der Waals surface area contributed by atoms with Gasteiger partial charge in [0.1, 0.15) is 0 Å². The molecule has 2 rings (SSSR count). The van der Waals surface area contributed by atoms with Crippen LogP contribution in [0.1, 0.15) is 42.9 Å². The Morgan fingerprint density at radius 3 is 2.76 bits per heavy atom. The molecule has 25 heavy (non-hydrogen) atoms. The molecule has 0 atom stereocenters. The maximum Gasteiger partial charge on any atom is 0.191 e. The summed E-state index contributed by atoms with van der Waals surface area (Å²) in [6.45, 7) is 10.2. The SMILES string of the molecule is CCNC(=NCc1ccc(CC)s1)NCCCOCC1CCOCC1. The Morgan fingerprint density at radius 1 is 1.24 bits per heavy atom. The van der Waals surface area contributed by atoms with Gasteiger partial charge in [-0.1, -0.05) is 6.92 Å². The average Bonchev–Trinajstić information content (AvgIpc) is 3.11. The van der Waals surface area contributed by atoms with Crippen molar-refractivity contribution in [3.05, 3.63) is 21.9 Å². The zero-order chi connectivity index (χ0) is 17.7. The van der Waals surface area contributed by atoms with Crippen molar-refractivity contribution in [3.63, 3.8) is 0 Å². The Hall–Kier alpha value is -1.11. The number of aryl methyl sites for hydroxylation is 1. The van der Waals surface area contributed by atoms with Crippen LogP contribution in [0.5, 0.6) is 0 Å². The molecule has 0 spiro atoms. The van der Waals surface area contributed by atoms with Gasteiger partial charge in [-0.3, -0.25) is 0 Å². The van der Waals surface area contributed by atoms with E-state index in [-0.39, 0.29) is 0 Å². The van der Waals surface area contributed by atoms with Crippen LogP contribution in [0.3, 0.4) is 0 Å². The van der Waals surface area contributed by atoms with Gasteiger partial charge < -0.3 is 20.1 Å². The first kappa shape index (κ1) is 20.2. The van der Waals surface area contributed by atoms with Gasteiger partial charge in [-0.05, 0) is 50.7 Å². The molecule has 5 nitrogen and oxygen atoms in total. The fourth-order valence-electron chi connectivity index (χ4n) is 2.74. The van der Waals surface area contributed by atoms with Crippen molar-refractivity contribution in [2.75, 3.05) is 39.5 Å². The van der Waals surface area contributed by atoms with Gasteiger partial charge in [0.05, 0.1) is 6.54 Å². The van der Waals surface area contributed by atoms with E-state index in [9.17, 15) is 0 Å². The minimum absolute atomic E-state index is 0.680. The van der Waals surface area contributed by atoms with Gasteiger partial charge in [0, 0.05) is 49.3 Å². The molecule has 1 fully saturated rings. The van der Waals surface area contributed by atoms with Crippen LogP contribution < -0.4 is 10.6 Å². The zero-order valence-electron chi connectivity index (χ0n) is 15.7. The van der Waals surface area contributed by atoms with Crippen LogP contribution in [0.15, 0.2) is 17.1 Å². The second kappa shape index (κ2) is 12.3. The van der Waals surface area contributed by atoms with E-state index in [1.165, 1.54) is 9.75 Å². The average molecular weight is 368 g/mol. The van der Waals surface area contributed by atoms with Crippen molar-refractivity contribution in [2.24, 2.45) is 10.9 Å². The molecule has 0 aliphatic carbocycles. The lowest BCUT2D eigenvalue weighted by molar-refractivity contribution is 0.0203. The quantitative estimate of drug-likeness (QED) is 0.379. The molecule has 1 saturated heterocycles. The number of aliphatic imine (C=N–C) groups is 1. The third-order valence-electron chi connectivity index (χ3n) is 4.26. The van der Waals surface area contributed by atoms with Crippen LogP contribution in [-0.4, -0.2) is 45.5 Å². The van der Waals surface area contributed by atoms with E-state index in [4.69, 9.17) is 9.47 Å². The number of rotatable bonds is 10. The maximum atomic E-state index is 5.81. The fraction of sp³-hybridized carbons (Fsp3) is 0.737. The Labute approximate surface area is 156 Å². The number of guanidine groups is 1. The van der Waals surface area contributed by atoms with E-state index in [2.05, 4.69) is 41.6 Å². The van der Waals surface area contributed by atoms with Crippen LogP contribution >= 0.6 is 11.3 Å². The largest absolute Gasteiger partial charge is 0.381 e. The molecule has 2 heterocycles. The van der Waals surface area contributed by atoms with Crippen molar-refractivity contribution in [3.8, 4) is 0 Å². The van der Waals surface area contributed by atoms with E-state index in [0.717, 1.165) is 77.7 Å². The molecule has 0 bridgehead atoms. The number of nitrogens with one attached hydrogen (secondary N) is 2. The maximum absolute atomic E-state index is 5.81. The molecule has 1 aromatic rings. The van der Waals surface area contributed by atoms with Gasteiger partial charge in [0.25, 0.3) is 0 Å². The second-order valence-corrected chi connectivity index (χ2v) is 7.58. The molecule has 2 N–H and O–H groups in total. The normalized spacial score (nSPS) is 16.2. The number of hydrogen-bond acceptors (Lipinski definition) is 4. The number of hydrogen-bond donors (Lipinski definition) is 2. The Morgan fingerprint density at radius 2 is 2.04 bits per heavy atom. The van der Waals surface area contributed by atoms with E-state index in [0.29, 0.717) is 5.92 Å². The minimum Gasteiger partial charge on any atom is -0.381 e. The minimum atomic E-state index is 0.680. The molecule has 6 heteroatoms. The molecule has 142 valence electrons. The van der Waals surface area contributed by atoms with Gasteiger partial charge in [-0.15, -0.1) is 11.3 Å². The van der Waals surface area contributed by atoms with E-state index < -0.39 is 0 Å². The summed E-state index contributed by atoms with van der Waals surface area (Å²) in [6, 6.07) is 4.38. The standard InChI is InChI=1S/C19H33N3O2S/c1-3-17-6-7-18(25-17)14-22-19(20-4-2)21-10-5-11-24-15-16-8-12-23-13-9-16/h6-7,16H,3-5,8-15H2,1-2H3,(H2,20,21,22). The van der Waals surface area contributed by atoms with Gasteiger partial charge in [-0.25, -0.2) is 4.99 Å². The Kier molecular flexibility index (Phi) is 9.92. The first-order valence-electron chi connectivity index (χ1n) is 9.57. The van der Waals surface area contributed by atoms with Crippen LogP contribution in [0.4, 0.5) is 0 Å². The molecule has 0 aromatic carbocycles. The third kappa shape index (κ3) is 8.21. The van der Waals surface area contributed by atoms with E-state index in [1.54, 1.807) is 0 Å². The van der Waals surface area contributed by atoms with Crippen molar-refractivity contribution in [2.45, 2.75) is 46.1 Å². The summed E-state index contributed by atoms with van der Waals surface area (Å²) < 4.78 is 11.2. The summed E-state index contributed by atoms with van der Waals surface area (Å²) in [6.07, 6.45) is 4.36. The fourth-order valence-corrected chi connectivity index (χ4v) is 3.62. The predicted molar refractivity (Wildman–Crippen MR) is 105 cm³/mol. The summed E-state index contributed by atoms with van der Waals surface area (Å²) in [5.74, 6) is 1.57. The number of thiophene rings is 1. The topological polar surface area (TPSA) is 54.9 Å². The van der Waals surface area contributed by atoms with Crippen molar-refractivity contribution < 1.29 is 9.47 Å². The lowest BCUT2D eigenvalue weighted by Crippen LogP contribution is -2.38. The summed E-state index contributed by atoms with van der Waals surface area (Å²) >= 11 is 1.85. The number of ether oxygens (including phenoxy) is 2. The highest BCUT2D eigenvalue weighted by Gasteiger charge is 2.13. The van der Waals surface area contributed by atoms with Gasteiger partial charge in [-0.2, -0.15) is 0 Å². The first-order valence-corrected chi connectivity index (χ1v) is 10.4. The molecule has 0 amide bonds. The first-order chi connectivity index (χ1) is 12.3. The molecular formula is C19H33N3O2S. The molecular weight excluding hydrogens is 334 g/mol. The second-order valence-electron chi connectivity index (χ2n) is 6.33. The van der Waals surface area contributed by atoms with Gasteiger partial charge in [0.15, 0.2) is 5.96 Å². The summed E-state index contributed by atoms with van der Waals surface area (Å²) in [4.78, 5) is 7.41. The molecule has 1 aliphatic heterocycles.